The SMILES string of the molecule is O=c1n(Cc2ccc(C(F)(F)P(=O)(O)O)c(Br)c2)ccn1Cc1ccc(C(F)(F)P(=O)(O)O)c(Br)c1. The van der Waals surface area contributed by atoms with Crippen molar-refractivity contribution < 1.29 is 46.3 Å². The van der Waals surface area contributed by atoms with Gasteiger partial charge in [-0.25, -0.2) is 4.79 Å². The van der Waals surface area contributed by atoms with Gasteiger partial charge in [0.15, 0.2) is 0 Å². The molecule has 4 N–H and O–H groups in total. The first-order valence-electron chi connectivity index (χ1n) is 9.56. The Labute approximate surface area is 217 Å². The molecular weight excluding hydrogens is 666 g/mol. The molecule has 0 bridgehead atoms. The average molecular weight is 682 g/mol. The molecule has 0 atom stereocenters. The van der Waals surface area contributed by atoms with Crippen molar-refractivity contribution in [2.45, 2.75) is 24.4 Å². The van der Waals surface area contributed by atoms with Crippen LogP contribution in [0.5, 0.6) is 0 Å². The van der Waals surface area contributed by atoms with Gasteiger partial charge in [-0.3, -0.25) is 18.3 Å². The molecule has 0 aliphatic rings. The van der Waals surface area contributed by atoms with E-state index in [1.807, 2.05) is 0 Å². The summed E-state index contributed by atoms with van der Waals surface area (Å²) in [4.78, 5) is 48.4. The largest absolute Gasteiger partial charge is 0.399 e. The van der Waals surface area contributed by atoms with Gasteiger partial charge in [0.25, 0.3) is 0 Å². The minimum atomic E-state index is -5.77. The van der Waals surface area contributed by atoms with E-state index in [-0.39, 0.29) is 22.0 Å². The first kappa shape index (κ1) is 29.0. The standard InChI is InChI=1S/C19H16Br2F4N2O7P2/c20-15-7-11(1-3-13(15)18(22,23)35(29,30)31)9-26-5-6-27(17(26)28)10-12-2-4-14(16(21)8-12)19(24,25)36(32,33)34/h1-8H,9-10H2,(H2,29,30,31)(H2,32,33,34). The van der Waals surface area contributed by atoms with Crippen LogP contribution in [0.15, 0.2) is 62.5 Å². The molecular formula is C19H16Br2F4N2O7P2. The van der Waals surface area contributed by atoms with Crippen molar-refractivity contribution in [2.75, 3.05) is 0 Å². The Hall–Kier alpha value is -1.57. The first-order chi connectivity index (χ1) is 16.4. The van der Waals surface area contributed by atoms with Gasteiger partial charge in [-0.05, 0) is 23.3 Å². The molecule has 3 aromatic rings. The highest BCUT2D eigenvalue weighted by atomic mass is 79.9. The number of rotatable bonds is 8. The molecule has 0 spiro atoms. The maximum absolute atomic E-state index is 14.0. The second kappa shape index (κ2) is 9.95. The van der Waals surface area contributed by atoms with Gasteiger partial charge in [0, 0.05) is 32.5 Å². The lowest BCUT2D eigenvalue weighted by Crippen LogP contribution is -2.25. The number of halogens is 6. The number of aromatic nitrogens is 2. The van der Waals surface area contributed by atoms with E-state index in [9.17, 15) is 31.5 Å². The highest BCUT2D eigenvalue weighted by Crippen LogP contribution is 2.61. The van der Waals surface area contributed by atoms with Crippen LogP contribution in [-0.2, 0) is 33.5 Å². The van der Waals surface area contributed by atoms with E-state index in [2.05, 4.69) is 31.9 Å². The van der Waals surface area contributed by atoms with Crippen LogP contribution in [0.25, 0.3) is 0 Å². The van der Waals surface area contributed by atoms with Crippen molar-refractivity contribution in [2.24, 2.45) is 0 Å². The fraction of sp³-hybridized carbons (Fsp3) is 0.211. The Morgan fingerprint density at radius 3 is 1.33 bits per heavy atom. The normalized spacial score (nSPS) is 13.3. The summed E-state index contributed by atoms with van der Waals surface area (Å²) in [5, 5.41) is 0. The molecule has 0 aliphatic carbocycles. The van der Waals surface area contributed by atoms with Crippen LogP contribution >= 0.6 is 47.1 Å². The number of nitrogens with zero attached hydrogens (tertiary/aromatic N) is 2. The molecule has 0 fully saturated rings. The zero-order chi connectivity index (χ0) is 27.3. The van der Waals surface area contributed by atoms with Gasteiger partial charge in [0.1, 0.15) is 0 Å². The Kier molecular flexibility index (Phi) is 8.02. The molecule has 0 aliphatic heterocycles. The molecule has 9 nitrogen and oxygen atoms in total. The molecule has 2 aromatic carbocycles. The van der Waals surface area contributed by atoms with E-state index in [1.54, 1.807) is 0 Å². The molecule has 0 saturated carbocycles. The highest BCUT2D eigenvalue weighted by Gasteiger charge is 2.52. The summed E-state index contributed by atoms with van der Waals surface area (Å²) < 4.78 is 80.1. The summed E-state index contributed by atoms with van der Waals surface area (Å²) in [5.41, 5.74) is -10.5. The molecule has 36 heavy (non-hydrogen) atoms. The maximum atomic E-state index is 14.0. The molecule has 0 amide bonds. The second-order valence-electron chi connectivity index (χ2n) is 7.64. The number of imidazole rings is 1. The van der Waals surface area contributed by atoms with E-state index in [4.69, 9.17) is 19.6 Å². The lowest BCUT2D eigenvalue weighted by atomic mass is 10.1. The fourth-order valence-corrected chi connectivity index (χ4v) is 5.88. The van der Waals surface area contributed by atoms with Crippen LogP contribution in [0.4, 0.5) is 17.6 Å². The van der Waals surface area contributed by atoms with Crippen molar-refractivity contribution >= 4 is 47.1 Å². The molecule has 1 aromatic heterocycles. The molecule has 0 unspecified atom stereocenters. The van der Waals surface area contributed by atoms with Crippen molar-refractivity contribution in [3.63, 3.8) is 0 Å². The number of hydrogen-bond acceptors (Lipinski definition) is 3. The third-order valence-electron chi connectivity index (χ3n) is 5.07. The van der Waals surface area contributed by atoms with Crippen LogP contribution < -0.4 is 5.69 Å². The Bertz CT molecular complexity index is 1360. The van der Waals surface area contributed by atoms with E-state index in [0.29, 0.717) is 11.1 Å². The van der Waals surface area contributed by atoms with E-state index in [0.717, 1.165) is 12.1 Å². The summed E-state index contributed by atoms with van der Waals surface area (Å²) in [6, 6.07) is 6.44. The van der Waals surface area contributed by atoms with Gasteiger partial charge >= 0.3 is 32.2 Å². The van der Waals surface area contributed by atoms with Crippen LogP contribution in [0.2, 0.25) is 0 Å². The van der Waals surface area contributed by atoms with Crippen molar-refractivity contribution in [3.05, 3.63) is 90.5 Å². The number of benzene rings is 2. The molecule has 3 rings (SSSR count). The Morgan fingerprint density at radius 1 is 0.722 bits per heavy atom. The van der Waals surface area contributed by atoms with Gasteiger partial charge in [-0.1, -0.05) is 56.1 Å². The quantitative estimate of drug-likeness (QED) is 0.199. The van der Waals surface area contributed by atoms with Gasteiger partial charge in [0.05, 0.1) is 13.1 Å². The minimum absolute atomic E-state index is 0.0800. The van der Waals surface area contributed by atoms with E-state index >= 15 is 0 Å². The van der Waals surface area contributed by atoms with Gasteiger partial charge in [-0.2, -0.15) is 17.6 Å². The summed E-state index contributed by atoms with van der Waals surface area (Å²) in [6.45, 7) is -0.160. The van der Waals surface area contributed by atoms with Gasteiger partial charge in [-0.15, -0.1) is 0 Å². The van der Waals surface area contributed by atoms with Gasteiger partial charge in [0.2, 0.25) is 0 Å². The predicted molar refractivity (Wildman–Crippen MR) is 127 cm³/mol. The summed E-state index contributed by atoms with van der Waals surface area (Å²) in [5.74, 6) is 0. The Balaban J connectivity index is 1.82. The third kappa shape index (κ3) is 5.63. The van der Waals surface area contributed by atoms with Crippen LogP contribution in [0.3, 0.4) is 0 Å². The summed E-state index contributed by atoms with van der Waals surface area (Å²) >= 11 is 5.75. The lowest BCUT2D eigenvalue weighted by molar-refractivity contribution is 0.0557. The average Bonchev–Trinajstić information content (AvgIpc) is 3.05. The third-order valence-corrected chi connectivity index (χ3v) is 8.33. The van der Waals surface area contributed by atoms with E-state index in [1.165, 1.54) is 45.8 Å². The van der Waals surface area contributed by atoms with Crippen molar-refractivity contribution in [1.29, 1.82) is 0 Å². The zero-order valence-corrected chi connectivity index (χ0v) is 22.6. The molecule has 17 heteroatoms. The summed E-state index contributed by atoms with van der Waals surface area (Å²) in [6.07, 6.45) is 2.78. The predicted octanol–water partition coefficient (Wildman–Crippen LogP) is 4.73. The van der Waals surface area contributed by atoms with Crippen LogP contribution in [0, 0.1) is 0 Å². The molecule has 1 heterocycles. The number of hydrogen-bond donors (Lipinski definition) is 4. The zero-order valence-electron chi connectivity index (χ0n) is 17.6. The van der Waals surface area contributed by atoms with Crippen LogP contribution in [-0.4, -0.2) is 28.7 Å². The monoisotopic (exact) mass is 680 g/mol. The molecule has 0 radical (unpaired) electrons. The van der Waals surface area contributed by atoms with E-state index < -0.39 is 43.3 Å². The van der Waals surface area contributed by atoms with Crippen molar-refractivity contribution in [3.8, 4) is 0 Å². The topological polar surface area (TPSA) is 142 Å². The fourth-order valence-electron chi connectivity index (χ4n) is 3.20. The van der Waals surface area contributed by atoms with Crippen molar-refractivity contribution in [1.82, 2.24) is 9.13 Å². The summed E-state index contributed by atoms with van der Waals surface area (Å²) in [7, 11) is -11.5. The van der Waals surface area contributed by atoms with Crippen LogP contribution in [0.1, 0.15) is 22.3 Å². The smallest absolute Gasteiger partial charge is 0.320 e. The highest BCUT2D eigenvalue weighted by molar-refractivity contribution is 9.10. The minimum Gasteiger partial charge on any atom is -0.320 e. The Morgan fingerprint density at radius 2 is 1.06 bits per heavy atom. The maximum Gasteiger partial charge on any atom is 0.399 e. The number of alkyl halides is 4. The lowest BCUT2D eigenvalue weighted by Gasteiger charge is -2.19. The molecule has 196 valence electrons. The van der Waals surface area contributed by atoms with Gasteiger partial charge < -0.3 is 19.6 Å². The second-order valence-corrected chi connectivity index (χ2v) is 12.6. The molecule has 0 saturated heterocycles. The first-order valence-corrected chi connectivity index (χ1v) is 14.4.